The molecule has 2 aliphatic rings. The summed E-state index contributed by atoms with van der Waals surface area (Å²) in [6, 6.07) is 8.18. The third kappa shape index (κ3) is 5.37. The van der Waals surface area contributed by atoms with E-state index in [0.29, 0.717) is 13.1 Å². The van der Waals surface area contributed by atoms with Crippen molar-refractivity contribution in [2.24, 2.45) is 0 Å². The van der Waals surface area contributed by atoms with E-state index in [9.17, 15) is 9.59 Å². The molecule has 2 amide bonds. The third-order valence-corrected chi connectivity index (χ3v) is 5.59. The van der Waals surface area contributed by atoms with Crippen LogP contribution in [0.2, 0.25) is 0 Å². The minimum atomic E-state index is -0.126. The number of amides is 2. The van der Waals surface area contributed by atoms with Crippen molar-refractivity contribution >= 4 is 17.5 Å². The van der Waals surface area contributed by atoms with Gasteiger partial charge in [-0.2, -0.15) is 0 Å². The SMILES string of the molecule is COc1ccccc1N1CCN(C(=O)CC(=O)NC2CCCCCC2)CC1. The Morgan fingerprint density at radius 1 is 1.04 bits per heavy atom. The fourth-order valence-corrected chi connectivity index (χ4v) is 4.04. The van der Waals surface area contributed by atoms with Crippen molar-refractivity contribution in [3.05, 3.63) is 24.3 Å². The van der Waals surface area contributed by atoms with E-state index in [1.165, 1.54) is 25.7 Å². The summed E-state index contributed by atoms with van der Waals surface area (Å²) in [7, 11) is 1.67. The average molecular weight is 373 g/mol. The Morgan fingerprint density at radius 2 is 1.70 bits per heavy atom. The molecule has 0 atom stereocenters. The maximum atomic E-state index is 12.5. The van der Waals surface area contributed by atoms with E-state index in [0.717, 1.165) is 37.4 Å². The lowest BCUT2D eigenvalue weighted by Gasteiger charge is -2.36. The van der Waals surface area contributed by atoms with Crippen LogP contribution in [-0.2, 0) is 9.59 Å². The highest BCUT2D eigenvalue weighted by Crippen LogP contribution is 2.28. The van der Waals surface area contributed by atoms with E-state index in [-0.39, 0.29) is 24.3 Å². The quantitative estimate of drug-likeness (QED) is 0.637. The standard InChI is InChI=1S/C21H31N3O3/c1-27-19-11-7-6-10-18(19)23-12-14-24(15-13-23)21(26)16-20(25)22-17-8-4-2-3-5-9-17/h6-7,10-11,17H,2-5,8-9,12-16H2,1H3,(H,22,25). The zero-order valence-electron chi connectivity index (χ0n) is 16.3. The zero-order valence-corrected chi connectivity index (χ0v) is 16.3. The van der Waals surface area contributed by atoms with Gasteiger partial charge in [-0.25, -0.2) is 0 Å². The Kier molecular flexibility index (Phi) is 6.96. The number of methoxy groups -OCH3 is 1. The summed E-state index contributed by atoms with van der Waals surface area (Å²) in [5, 5.41) is 3.07. The molecule has 0 radical (unpaired) electrons. The van der Waals surface area contributed by atoms with Gasteiger partial charge in [0.2, 0.25) is 11.8 Å². The molecule has 27 heavy (non-hydrogen) atoms. The van der Waals surface area contributed by atoms with E-state index >= 15 is 0 Å². The first-order valence-corrected chi connectivity index (χ1v) is 10.1. The second kappa shape index (κ2) is 9.62. The van der Waals surface area contributed by atoms with Gasteiger partial charge in [-0.3, -0.25) is 9.59 Å². The van der Waals surface area contributed by atoms with Crippen molar-refractivity contribution in [2.75, 3.05) is 38.2 Å². The molecule has 0 spiro atoms. The van der Waals surface area contributed by atoms with E-state index in [4.69, 9.17) is 4.74 Å². The summed E-state index contributed by atoms with van der Waals surface area (Å²) in [5.41, 5.74) is 1.05. The van der Waals surface area contributed by atoms with Gasteiger partial charge >= 0.3 is 0 Å². The van der Waals surface area contributed by atoms with Gasteiger partial charge in [0.25, 0.3) is 0 Å². The number of ether oxygens (including phenoxy) is 1. The number of nitrogens with one attached hydrogen (secondary N) is 1. The molecule has 148 valence electrons. The topological polar surface area (TPSA) is 61.9 Å². The zero-order chi connectivity index (χ0) is 19.1. The summed E-state index contributed by atoms with van der Waals surface area (Å²) < 4.78 is 5.43. The lowest BCUT2D eigenvalue weighted by atomic mass is 10.1. The van der Waals surface area contributed by atoms with Crippen LogP contribution in [0.4, 0.5) is 5.69 Å². The minimum absolute atomic E-state index is 0.0365. The van der Waals surface area contributed by atoms with Crippen LogP contribution in [0.15, 0.2) is 24.3 Å². The van der Waals surface area contributed by atoms with Crippen molar-refractivity contribution in [2.45, 2.75) is 51.0 Å². The number of carbonyl (C=O) groups is 2. The first-order chi connectivity index (χ1) is 13.2. The molecule has 0 bridgehead atoms. The number of piperazine rings is 1. The third-order valence-electron chi connectivity index (χ3n) is 5.59. The average Bonchev–Trinajstić information content (AvgIpc) is 2.96. The Bertz CT molecular complexity index is 633. The molecule has 1 N–H and O–H groups in total. The van der Waals surface area contributed by atoms with Gasteiger partial charge in [0.05, 0.1) is 12.8 Å². The van der Waals surface area contributed by atoms with Gasteiger partial charge in [-0.1, -0.05) is 37.8 Å². The maximum absolute atomic E-state index is 12.5. The Balaban J connectivity index is 1.46. The molecule has 1 saturated carbocycles. The number of rotatable bonds is 5. The van der Waals surface area contributed by atoms with Crippen LogP contribution >= 0.6 is 0 Å². The molecule has 3 rings (SSSR count). The number of hydrogen-bond donors (Lipinski definition) is 1. The van der Waals surface area contributed by atoms with Crippen molar-refractivity contribution < 1.29 is 14.3 Å². The van der Waals surface area contributed by atoms with Crippen LogP contribution in [0.25, 0.3) is 0 Å². The molecule has 1 aromatic carbocycles. The van der Waals surface area contributed by atoms with Crippen LogP contribution < -0.4 is 15.0 Å². The molecular formula is C21H31N3O3. The molecule has 6 nitrogen and oxygen atoms in total. The van der Waals surface area contributed by atoms with Crippen LogP contribution in [0.1, 0.15) is 44.9 Å². The molecule has 1 saturated heterocycles. The lowest BCUT2D eigenvalue weighted by Crippen LogP contribution is -2.50. The molecule has 0 aromatic heterocycles. The predicted octanol–water partition coefficient (Wildman–Crippen LogP) is 2.57. The smallest absolute Gasteiger partial charge is 0.232 e. The molecule has 6 heteroatoms. The fourth-order valence-electron chi connectivity index (χ4n) is 4.04. The Hall–Kier alpha value is -2.24. The maximum Gasteiger partial charge on any atom is 0.232 e. The number of hydrogen-bond acceptors (Lipinski definition) is 4. The largest absolute Gasteiger partial charge is 0.495 e. The minimum Gasteiger partial charge on any atom is -0.495 e. The van der Waals surface area contributed by atoms with Gasteiger partial charge in [-0.15, -0.1) is 0 Å². The van der Waals surface area contributed by atoms with Gasteiger partial charge in [-0.05, 0) is 25.0 Å². The number of carbonyl (C=O) groups excluding carboxylic acids is 2. The Morgan fingerprint density at radius 3 is 2.37 bits per heavy atom. The molecule has 2 fully saturated rings. The first kappa shape index (κ1) is 19.5. The van der Waals surface area contributed by atoms with E-state index in [1.807, 2.05) is 24.3 Å². The van der Waals surface area contributed by atoms with Crippen molar-refractivity contribution in [1.29, 1.82) is 0 Å². The number of nitrogens with zero attached hydrogens (tertiary/aromatic N) is 2. The van der Waals surface area contributed by atoms with Crippen LogP contribution in [0, 0.1) is 0 Å². The number of anilines is 1. The van der Waals surface area contributed by atoms with Gasteiger partial charge in [0, 0.05) is 32.2 Å². The van der Waals surface area contributed by atoms with Crippen molar-refractivity contribution in [3.63, 3.8) is 0 Å². The summed E-state index contributed by atoms with van der Waals surface area (Å²) in [4.78, 5) is 28.8. The normalized spacial score (nSPS) is 18.7. The molecule has 1 heterocycles. The Labute approximate surface area is 161 Å². The van der Waals surface area contributed by atoms with Crippen LogP contribution in [0.5, 0.6) is 5.75 Å². The van der Waals surface area contributed by atoms with Crippen molar-refractivity contribution in [3.8, 4) is 5.75 Å². The molecular weight excluding hydrogens is 342 g/mol. The van der Waals surface area contributed by atoms with E-state index < -0.39 is 0 Å². The van der Waals surface area contributed by atoms with Gasteiger partial charge < -0.3 is 19.9 Å². The summed E-state index contributed by atoms with van der Waals surface area (Å²) in [6.45, 7) is 2.76. The van der Waals surface area contributed by atoms with E-state index in [1.54, 1.807) is 12.0 Å². The summed E-state index contributed by atoms with van der Waals surface area (Å²) in [5.74, 6) is 0.653. The van der Waals surface area contributed by atoms with Gasteiger partial charge in [0.15, 0.2) is 0 Å². The summed E-state index contributed by atoms with van der Waals surface area (Å²) >= 11 is 0. The second-order valence-corrected chi connectivity index (χ2v) is 7.47. The summed E-state index contributed by atoms with van der Waals surface area (Å²) in [6.07, 6.45) is 6.89. The predicted molar refractivity (Wildman–Crippen MR) is 106 cm³/mol. The molecule has 1 aliphatic carbocycles. The highest BCUT2D eigenvalue weighted by atomic mass is 16.5. The van der Waals surface area contributed by atoms with Crippen LogP contribution in [0.3, 0.4) is 0 Å². The highest BCUT2D eigenvalue weighted by molar-refractivity contribution is 5.97. The fraction of sp³-hybridized carbons (Fsp3) is 0.619. The van der Waals surface area contributed by atoms with Crippen molar-refractivity contribution in [1.82, 2.24) is 10.2 Å². The monoisotopic (exact) mass is 373 g/mol. The molecule has 0 unspecified atom stereocenters. The van der Waals surface area contributed by atoms with Crippen LogP contribution in [-0.4, -0.2) is 56.0 Å². The number of benzene rings is 1. The molecule has 1 aliphatic heterocycles. The van der Waals surface area contributed by atoms with Gasteiger partial charge in [0.1, 0.15) is 12.2 Å². The van der Waals surface area contributed by atoms with E-state index in [2.05, 4.69) is 10.2 Å². The molecule has 1 aromatic rings. The second-order valence-electron chi connectivity index (χ2n) is 7.47. The lowest BCUT2D eigenvalue weighted by molar-refractivity contribution is -0.136. The number of para-hydroxylation sites is 2. The first-order valence-electron chi connectivity index (χ1n) is 10.1. The highest BCUT2D eigenvalue weighted by Gasteiger charge is 2.25.